The molecule has 1 unspecified atom stereocenters. The number of fused-ring (bicyclic) bond motifs is 1. The van der Waals surface area contributed by atoms with Gasteiger partial charge in [-0.15, -0.1) is 0 Å². The van der Waals surface area contributed by atoms with Crippen LogP contribution in [0.2, 0.25) is 0 Å². The van der Waals surface area contributed by atoms with Crippen LogP contribution in [0.5, 0.6) is 0 Å². The molecule has 108 valence electrons. The van der Waals surface area contributed by atoms with E-state index >= 15 is 0 Å². The predicted octanol–water partition coefficient (Wildman–Crippen LogP) is 5.63. The van der Waals surface area contributed by atoms with E-state index in [4.69, 9.17) is 4.74 Å². The van der Waals surface area contributed by atoms with E-state index in [0.29, 0.717) is 0 Å². The minimum atomic E-state index is 0.126. The van der Waals surface area contributed by atoms with Gasteiger partial charge in [0.2, 0.25) is 0 Å². The summed E-state index contributed by atoms with van der Waals surface area (Å²) in [7, 11) is 0. The number of rotatable bonds is 5. The van der Waals surface area contributed by atoms with Gasteiger partial charge in [0.15, 0.2) is 0 Å². The second kappa shape index (κ2) is 6.30. The lowest BCUT2D eigenvalue weighted by molar-refractivity contribution is 0.206. The smallest absolute Gasteiger partial charge is 0.140 e. The molecule has 0 saturated heterocycles. The van der Waals surface area contributed by atoms with E-state index in [-0.39, 0.29) is 6.10 Å². The molecule has 2 aliphatic rings. The summed E-state index contributed by atoms with van der Waals surface area (Å²) in [5, 5.41) is 0. The highest BCUT2D eigenvalue weighted by atomic mass is 16.5. The molecule has 0 amide bonds. The van der Waals surface area contributed by atoms with Gasteiger partial charge in [0, 0.05) is 5.57 Å². The predicted molar refractivity (Wildman–Crippen MR) is 86.5 cm³/mol. The zero-order chi connectivity index (χ0) is 14.7. The lowest BCUT2D eigenvalue weighted by atomic mass is 9.92. The Morgan fingerprint density at radius 3 is 2.50 bits per heavy atom. The Labute approximate surface area is 123 Å². The van der Waals surface area contributed by atoms with Crippen LogP contribution >= 0.6 is 0 Å². The topological polar surface area (TPSA) is 9.23 Å². The molecule has 0 bridgehead atoms. The molecule has 1 heteroatoms. The van der Waals surface area contributed by atoms with Crippen molar-refractivity contribution in [2.24, 2.45) is 0 Å². The van der Waals surface area contributed by atoms with Crippen molar-refractivity contribution in [2.45, 2.75) is 60.0 Å². The van der Waals surface area contributed by atoms with Gasteiger partial charge >= 0.3 is 0 Å². The van der Waals surface area contributed by atoms with E-state index in [0.717, 1.165) is 25.0 Å². The van der Waals surface area contributed by atoms with Gasteiger partial charge in [-0.2, -0.15) is 0 Å². The molecule has 0 N–H and O–H groups in total. The summed E-state index contributed by atoms with van der Waals surface area (Å²) in [6.45, 7) is 11.2. The van der Waals surface area contributed by atoms with Gasteiger partial charge in [-0.25, -0.2) is 0 Å². The molecule has 1 aliphatic carbocycles. The van der Waals surface area contributed by atoms with Gasteiger partial charge < -0.3 is 4.74 Å². The van der Waals surface area contributed by atoms with Crippen LogP contribution in [-0.4, -0.2) is 6.10 Å². The largest absolute Gasteiger partial charge is 0.481 e. The maximum absolute atomic E-state index is 6.11. The third kappa shape index (κ3) is 2.82. The van der Waals surface area contributed by atoms with Crippen molar-refractivity contribution in [2.75, 3.05) is 0 Å². The van der Waals surface area contributed by atoms with E-state index in [1.54, 1.807) is 0 Å². The van der Waals surface area contributed by atoms with Crippen molar-refractivity contribution in [1.82, 2.24) is 0 Å². The quantitative estimate of drug-likeness (QED) is 0.588. The maximum atomic E-state index is 6.11. The van der Waals surface area contributed by atoms with Gasteiger partial charge in [-0.05, 0) is 62.5 Å². The molecule has 0 saturated carbocycles. The third-order valence-electron chi connectivity index (χ3n) is 4.47. The van der Waals surface area contributed by atoms with Crippen molar-refractivity contribution in [3.63, 3.8) is 0 Å². The molecule has 1 heterocycles. The Hall–Kier alpha value is -1.50. The van der Waals surface area contributed by atoms with Crippen molar-refractivity contribution in [1.29, 1.82) is 0 Å². The van der Waals surface area contributed by atoms with Crippen LogP contribution in [0.4, 0.5) is 0 Å². The monoisotopic (exact) mass is 270 g/mol. The fraction of sp³-hybridized carbons (Fsp3) is 0.474. The summed E-state index contributed by atoms with van der Waals surface area (Å²) in [6.07, 6.45) is 12.0. The van der Waals surface area contributed by atoms with Gasteiger partial charge in [0.05, 0.1) is 0 Å². The molecule has 1 atom stereocenters. The molecule has 20 heavy (non-hydrogen) atoms. The highest BCUT2D eigenvalue weighted by molar-refractivity contribution is 5.51. The SMILES string of the molecule is CCCC(=C(C)C(C)=C(C)CC)C1C=C2C=CC=C2O1. The lowest BCUT2D eigenvalue weighted by Crippen LogP contribution is -2.11. The average molecular weight is 270 g/mol. The molecular weight excluding hydrogens is 244 g/mol. The Kier molecular flexibility index (Phi) is 4.69. The summed E-state index contributed by atoms with van der Waals surface area (Å²) < 4.78 is 6.11. The first-order valence-corrected chi connectivity index (χ1v) is 7.72. The van der Waals surface area contributed by atoms with E-state index in [9.17, 15) is 0 Å². The third-order valence-corrected chi connectivity index (χ3v) is 4.47. The van der Waals surface area contributed by atoms with Gasteiger partial charge in [-0.1, -0.05) is 38.0 Å². The molecular formula is C19H26O. The zero-order valence-electron chi connectivity index (χ0n) is 13.4. The zero-order valence-corrected chi connectivity index (χ0v) is 13.4. The van der Waals surface area contributed by atoms with Crippen LogP contribution in [-0.2, 0) is 4.74 Å². The Morgan fingerprint density at radius 1 is 1.15 bits per heavy atom. The van der Waals surface area contributed by atoms with Crippen molar-refractivity contribution in [3.8, 4) is 0 Å². The standard InChI is InChI=1S/C19H26O/c1-6-9-17(15(5)14(4)13(3)7-2)19-12-16-10-8-11-18(16)20-19/h8,10-12,19H,6-7,9H2,1-5H3. The van der Waals surface area contributed by atoms with Crippen LogP contribution in [0.3, 0.4) is 0 Å². The van der Waals surface area contributed by atoms with Crippen LogP contribution < -0.4 is 0 Å². The summed E-state index contributed by atoms with van der Waals surface area (Å²) in [5.41, 5.74) is 7.00. The Morgan fingerprint density at radius 2 is 1.90 bits per heavy atom. The van der Waals surface area contributed by atoms with E-state index in [1.165, 1.54) is 27.9 Å². The highest BCUT2D eigenvalue weighted by Gasteiger charge is 2.26. The second-order valence-electron chi connectivity index (χ2n) is 5.71. The Balaban J connectivity index is 2.35. The van der Waals surface area contributed by atoms with Crippen molar-refractivity contribution >= 4 is 0 Å². The van der Waals surface area contributed by atoms with Crippen LogP contribution in [0, 0.1) is 0 Å². The number of allylic oxidation sites excluding steroid dienone is 6. The van der Waals surface area contributed by atoms with Crippen LogP contribution in [0.1, 0.15) is 53.9 Å². The number of hydrogen-bond acceptors (Lipinski definition) is 1. The molecule has 1 aliphatic heterocycles. The molecule has 0 fully saturated rings. The number of ether oxygens (including phenoxy) is 1. The second-order valence-corrected chi connectivity index (χ2v) is 5.71. The van der Waals surface area contributed by atoms with Gasteiger partial charge in [0.1, 0.15) is 11.9 Å². The van der Waals surface area contributed by atoms with Crippen molar-refractivity contribution < 1.29 is 4.74 Å². The van der Waals surface area contributed by atoms with Gasteiger partial charge in [-0.3, -0.25) is 0 Å². The lowest BCUT2D eigenvalue weighted by Gasteiger charge is -2.19. The van der Waals surface area contributed by atoms with E-state index < -0.39 is 0 Å². The Bertz CT molecular complexity index is 538. The molecule has 0 aromatic rings. The van der Waals surface area contributed by atoms with Crippen LogP contribution in [0.25, 0.3) is 0 Å². The normalized spacial score (nSPS) is 22.8. The fourth-order valence-electron chi connectivity index (χ4n) is 2.81. The maximum Gasteiger partial charge on any atom is 0.140 e. The molecule has 1 nitrogen and oxygen atoms in total. The summed E-state index contributed by atoms with van der Waals surface area (Å²) in [4.78, 5) is 0. The minimum absolute atomic E-state index is 0.126. The summed E-state index contributed by atoms with van der Waals surface area (Å²) >= 11 is 0. The average Bonchev–Trinajstić information content (AvgIpc) is 3.03. The first-order valence-electron chi connectivity index (χ1n) is 7.72. The van der Waals surface area contributed by atoms with Crippen molar-refractivity contribution in [3.05, 3.63) is 57.9 Å². The summed E-state index contributed by atoms with van der Waals surface area (Å²) in [5.74, 6) is 1.03. The minimum Gasteiger partial charge on any atom is -0.481 e. The molecule has 0 aromatic carbocycles. The van der Waals surface area contributed by atoms with E-state index in [2.05, 4.69) is 58.9 Å². The first-order chi connectivity index (χ1) is 9.58. The fourth-order valence-corrected chi connectivity index (χ4v) is 2.81. The van der Waals surface area contributed by atoms with Gasteiger partial charge in [0.25, 0.3) is 0 Å². The molecule has 0 aromatic heterocycles. The first kappa shape index (κ1) is 14.9. The summed E-state index contributed by atoms with van der Waals surface area (Å²) in [6, 6.07) is 0. The molecule has 0 spiro atoms. The van der Waals surface area contributed by atoms with E-state index in [1.807, 2.05) is 0 Å². The molecule has 0 radical (unpaired) electrons. The van der Waals surface area contributed by atoms with Crippen LogP contribution in [0.15, 0.2) is 57.9 Å². The highest BCUT2D eigenvalue weighted by Crippen LogP contribution is 2.35. The molecule has 2 rings (SSSR count). The number of hydrogen-bond donors (Lipinski definition) is 0.